The average Bonchev–Trinajstić information content (AvgIpc) is 2.92. The zero-order chi connectivity index (χ0) is 29.6. The smallest absolute Gasteiger partial charge is 0.264 e. The molecule has 1 saturated heterocycles. The molecule has 6 rings (SSSR count). The molecule has 2 fully saturated rings. The van der Waals surface area contributed by atoms with Gasteiger partial charge in [0.05, 0.1) is 11.5 Å². The van der Waals surface area contributed by atoms with E-state index < -0.39 is 15.8 Å². The third kappa shape index (κ3) is 5.53. The molecule has 2 aliphatic heterocycles. The summed E-state index contributed by atoms with van der Waals surface area (Å²) in [4.78, 5) is 8.81. The zero-order valence-corrected chi connectivity index (χ0v) is 25.7. The second-order valence-electron chi connectivity index (χ2n) is 13.1. The third-order valence-corrected chi connectivity index (χ3v) is 10.9. The van der Waals surface area contributed by atoms with Gasteiger partial charge in [-0.15, -0.1) is 0 Å². The Morgan fingerprint density at radius 1 is 1.05 bits per heavy atom. The Balaban J connectivity index is 1.46. The van der Waals surface area contributed by atoms with Crippen molar-refractivity contribution in [2.45, 2.75) is 70.6 Å². The molecular formula is C33H41FN4O3S. The van der Waals surface area contributed by atoms with Crippen LogP contribution >= 0.6 is 0 Å². The highest BCUT2D eigenvalue weighted by atomic mass is 32.2. The maximum absolute atomic E-state index is 16.2. The summed E-state index contributed by atoms with van der Waals surface area (Å²) < 4.78 is 52.3. The van der Waals surface area contributed by atoms with Crippen molar-refractivity contribution in [1.29, 1.82) is 0 Å². The Kier molecular flexibility index (Phi) is 7.77. The SMILES string of the molecule is Cc1cccc(C)c1-c1nc2nc(c1F)OC[C@@H](CC(C)C)C(C1CC3(CCNCC3)C1)c1cccc(c1)S(=O)(=O)N2. The summed E-state index contributed by atoms with van der Waals surface area (Å²) in [6, 6.07) is 13.0. The van der Waals surface area contributed by atoms with Gasteiger partial charge in [0, 0.05) is 11.5 Å². The van der Waals surface area contributed by atoms with E-state index in [0.29, 0.717) is 22.8 Å². The first kappa shape index (κ1) is 29.1. The number of benzene rings is 2. The molecule has 3 heterocycles. The van der Waals surface area contributed by atoms with Gasteiger partial charge in [-0.2, -0.15) is 9.37 Å². The van der Waals surface area contributed by atoms with Gasteiger partial charge in [-0.3, -0.25) is 0 Å². The lowest BCUT2D eigenvalue weighted by atomic mass is 9.52. The number of aryl methyl sites for hydroxylation is 2. The van der Waals surface area contributed by atoms with Crippen LogP contribution in [0.1, 0.15) is 68.6 Å². The summed E-state index contributed by atoms with van der Waals surface area (Å²) in [6.07, 6.45) is 5.46. The number of ether oxygens (including phenoxy) is 1. The lowest BCUT2D eigenvalue weighted by Crippen LogP contribution is -2.48. The molecule has 0 radical (unpaired) electrons. The third-order valence-electron chi connectivity index (χ3n) is 9.60. The van der Waals surface area contributed by atoms with Crippen molar-refractivity contribution in [3.63, 3.8) is 0 Å². The molecule has 1 saturated carbocycles. The molecule has 0 amide bonds. The molecule has 224 valence electrons. The molecule has 42 heavy (non-hydrogen) atoms. The Morgan fingerprint density at radius 3 is 2.43 bits per heavy atom. The minimum absolute atomic E-state index is 0.0305. The maximum Gasteiger partial charge on any atom is 0.264 e. The second-order valence-corrected chi connectivity index (χ2v) is 14.8. The minimum atomic E-state index is -4.05. The van der Waals surface area contributed by atoms with Crippen molar-refractivity contribution in [2.24, 2.45) is 23.2 Å². The molecule has 3 aromatic rings. The molecule has 1 aliphatic carbocycles. The summed E-state index contributed by atoms with van der Waals surface area (Å²) in [7, 11) is -4.05. The predicted octanol–water partition coefficient (Wildman–Crippen LogP) is 6.62. The van der Waals surface area contributed by atoms with E-state index in [-0.39, 0.29) is 40.9 Å². The van der Waals surface area contributed by atoms with Crippen LogP contribution in [0, 0.1) is 42.8 Å². The van der Waals surface area contributed by atoms with Crippen molar-refractivity contribution in [3.05, 3.63) is 65.0 Å². The number of hydrogen-bond donors (Lipinski definition) is 2. The molecule has 9 heteroatoms. The molecule has 7 nitrogen and oxygen atoms in total. The normalized spacial score (nSPS) is 23.3. The zero-order valence-electron chi connectivity index (χ0n) is 24.9. The molecule has 2 N–H and O–H groups in total. The molecule has 1 spiro atoms. The van der Waals surface area contributed by atoms with Crippen LogP contribution < -0.4 is 14.8 Å². The first-order chi connectivity index (χ1) is 20.1. The summed E-state index contributed by atoms with van der Waals surface area (Å²) in [5.41, 5.74) is 3.66. The van der Waals surface area contributed by atoms with Crippen LogP contribution in [0.4, 0.5) is 10.3 Å². The molecule has 2 atom stereocenters. The molecule has 1 unspecified atom stereocenters. The number of rotatable bonds is 4. The summed E-state index contributed by atoms with van der Waals surface area (Å²) in [5, 5.41) is 3.49. The van der Waals surface area contributed by atoms with E-state index in [1.54, 1.807) is 6.07 Å². The Bertz CT molecular complexity index is 1560. The number of nitrogens with zero attached hydrogens (tertiary/aromatic N) is 2. The van der Waals surface area contributed by atoms with Gasteiger partial charge < -0.3 is 10.1 Å². The number of nitrogens with one attached hydrogen (secondary N) is 2. The number of halogens is 1. The van der Waals surface area contributed by atoms with Crippen molar-refractivity contribution in [2.75, 3.05) is 24.4 Å². The van der Waals surface area contributed by atoms with Gasteiger partial charge in [0.25, 0.3) is 15.9 Å². The number of anilines is 1. The number of hydrogen-bond acceptors (Lipinski definition) is 6. The maximum atomic E-state index is 16.2. The van der Waals surface area contributed by atoms with E-state index >= 15 is 4.39 Å². The molecule has 2 aromatic carbocycles. The van der Waals surface area contributed by atoms with Crippen LogP contribution in [0.5, 0.6) is 5.88 Å². The van der Waals surface area contributed by atoms with Gasteiger partial charge >= 0.3 is 0 Å². The number of piperidine rings is 1. The predicted molar refractivity (Wildman–Crippen MR) is 163 cm³/mol. The first-order valence-corrected chi connectivity index (χ1v) is 16.6. The van der Waals surface area contributed by atoms with E-state index in [1.165, 1.54) is 12.8 Å². The van der Waals surface area contributed by atoms with E-state index in [2.05, 4.69) is 33.9 Å². The van der Waals surface area contributed by atoms with Gasteiger partial charge in [-0.1, -0.05) is 44.2 Å². The van der Waals surface area contributed by atoms with Crippen molar-refractivity contribution in [3.8, 4) is 17.1 Å². The van der Waals surface area contributed by atoms with Crippen molar-refractivity contribution in [1.82, 2.24) is 15.3 Å². The van der Waals surface area contributed by atoms with E-state index in [9.17, 15) is 8.42 Å². The number of fused-ring (bicyclic) bond motifs is 4. The number of aromatic nitrogens is 2. The minimum Gasteiger partial charge on any atom is -0.475 e. The quantitative estimate of drug-likeness (QED) is 0.354. The largest absolute Gasteiger partial charge is 0.475 e. The summed E-state index contributed by atoms with van der Waals surface area (Å²) in [6.45, 7) is 10.5. The first-order valence-electron chi connectivity index (χ1n) is 15.2. The van der Waals surface area contributed by atoms with Gasteiger partial charge in [0.2, 0.25) is 11.8 Å². The summed E-state index contributed by atoms with van der Waals surface area (Å²) in [5.74, 6) is -0.181. The molecule has 1 aromatic heterocycles. The van der Waals surface area contributed by atoms with Crippen molar-refractivity contribution < 1.29 is 17.5 Å². The highest BCUT2D eigenvalue weighted by Crippen LogP contribution is 2.58. The Hall–Kier alpha value is -3.04. The van der Waals surface area contributed by atoms with Crippen LogP contribution in [0.25, 0.3) is 11.3 Å². The highest BCUT2D eigenvalue weighted by molar-refractivity contribution is 7.92. The standard InChI is InChI=1S/C33H41FN4O3S/c1-20(2)15-24-19-41-31-29(34)30(27-21(3)7-5-8-22(27)4)36-32(37-31)38-42(39,40)26-10-6-9-23(16-26)28(24)25-17-33(18-25)11-13-35-14-12-33/h5-10,16,20,24-25,28,35H,11-15,17-19H2,1-4H3,(H,36,37,38)/t24-,28?/m1/s1. The van der Waals surface area contributed by atoms with Gasteiger partial charge in [0.1, 0.15) is 5.69 Å². The topological polar surface area (TPSA) is 93.2 Å². The van der Waals surface area contributed by atoms with Crippen LogP contribution in [0.2, 0.25) is 0 Å². The highest BCUT2D eigenvalue weighted by Gasteiger charge is 2.49. The molecular weight excluding hydrogens is 551 g/mol. The van der Waals surface area contributed by atoms with Crippen LogP contribution in [0.3, 0.4) is 0 Å². The van der Waals surface area contributed by atoms with Gasteiger partial charge in [-0.05, 0) is 111 Å². The van der Waals surface area contributed by atoms with Crippen LogP contribution in [0.15, 0.2) is 47.4 Å². The van der Waals surface area contributed by atoms with Crippen molar-refractivity contribution >= 4 is 16.0 Å². The molecule has 3 aliphatic rings. The van der Waals surface area contributed by atoms with Crippen LogP contribution in [-0.4, -0.2) is 38.1 Å². The fourth-order valence-electron chi connectivity index (χ4n) is 7.70. The van der Waals surface area contributed by atoms with E-state index in [0.717, 1.165) is 49.0 Å². The fraction of sp³-hybridized carbons (Fsp3) is 0.515. The fourth-order valence-corrected chi connectivity index (χ4v) is 8.70. The van der Waals surface area contributed by atoms with E-state index in [4.69, 9.17) is 4.74 Å². The Morgan fingerprint density at radius 2 is 1.74 bits per heavy atom. The van der Waals surface area contributed by atoms with Gasteiger partial charge in [-0.25, -0.2) is 18.1 Å². The molecule has 4 bridgehead atoms. The lowest BCUT2D eigenvalue weighted by molar-refractivity contribution is -0.0116. The monoisotopic (exact) mass is 592 g/mol. The van der Waals surface area contributed by atoms with Crippen LogP contribution in [-0.2, 0) is 10.0 Å². The Labute approximate surface area is 248 Å². The van der Waals surface area contributed by atoms with Gasteiger partial charge in [0.15, 0.2) is 0 Å². The average molecular weight is 593 g/mol. The second kappa shape index (κ2) is 11.2. The van der Waals surface area contributed by atoms with E-state index in [1.807, 2.05) is 50.2 Å². The number of sulfonamides is 1. The lowest BCUT2D eigenvalue weighted by Gasteiger charge is -2.54. The summed E-state index contributed by atoms with van der Waals surface area (Å²) >= 11 is 0.